The molecule has 24 heavy (non-hydrogen) atoms. The maximum absolute atomic E-state index is 11.8. The zero-order valence-electron chi connectivity index (χ0n) is 15.0. The number of ether oxygens (including phenoxy) is 1. The van der Waals surface area contributed by atoms with Gasteiger partial charge in [-0.3, -0.25) is 9.79 Å². The highest BCUT2D eigenvalue weighted by Gasteiger charge is 2.27. The van der Waals surface area contributed by atoms with Crippen molar-refractivity contribution in [2.75, 3.05) is 33.3 Å². The average Bonchev–Trinajstić information content (AvgIpc) is 2.63. The highest BCUT2D eigenvalue weighted by molar-refractivity contribution is 5.80. The number of nitrogens with zero attached hydrogens (tertiary/aromatic N) is 2. The van der Waals surface area contributed by atoms with Gasteiger partial charge in [-0.2, -0.15) is 0 Å². The molecule has 0 aromatic heterocycles. The van der Waals surface area contributed by atoms with Crippen LogP contribution in [0.25, 0.3) is 0 Å². The van der Waals surface area contributed by atoms with Crippen molar-refractivity contribution in [3.05, 3.63) is 35.9 Å². The van der Waals surface area contributed by atoms with Crippen molar-refractivity contribution in [1.82, 2.24) is 10.2 Å². The van der Waals surface area contributed by atoms with Crippen molar-refractivity contribution in [2.45, 2.75) is 32.6 Å². The van der Waals surface area contributed by atoms with E-state index in [0.29, 0.717) is 12.5 Å². The molecular weight excluding hydrogens is 302 g/mol. The van der Waals surface area contributed by atoms with Crippen LogP contribution >= 0.6 is 0 Å². The molecule has 1 aromatic carbocycles. The molecule has 5 nitrogen and oxygen atoms in total. The van der Waals surface area contributed by atoms with E-state index in [-0.39, 0.29) is 11.9 Å². The topological polar surface area (TPSA) is 53.9 Å². The van der Waals surface area contributed by atoms with E-state index in [4.69, 9.17) is 4.74 Å². The molecule has 0 saturated carbocycles. The van der Waals surface area contributed by atoms with Crippen molar-refractivity contribution in [1.29, 1.82) is 0 Å². The Labute approximate surface area is 145 Å². The van der Waals surface area contributed by atoms with Crippen LogP contribution in [-0.4, -0.2) is 50.1 Å². The van der Waals surface area contributed by atoms with Crippen LogP contribution in [0.1, 0.15) is 38.2 Å². The van der Waals surface area contributed by atoms with Gasteiger partial charge in [-0.1, -0.05) is 37.3 Å². The van der Waals surface area contributed by atoms with E-state index in [2.05, 4.69) is 46.4 Å². The Hall–Kier alpha value is -2.04. The molecule has 1 atom stereocenters. The second-order valence-electron chi connectivity index (χ2n) is 6.25. The van der Waals surface area contributed by atoms with Crippen LogP contribution in [0.5, 0.6) is 0 Å². The molecule has 1 fully saturated rings. The van der Waals surface area contributed by atoms with Crippen LogP contribution in [0.15, 0.2) is 35.3 Å². The summed E-state index contributed by atoms with van der Waals surface area (Å²) in [6.45, 7) is 7.04. The van der Waals surface area contributed by atoms with Gasteiger partial charge in [0.15, 0.2) is 5.96 Å². The fourth-order valence-electron chi connectivity index (χ4n) is 3.06. The smallest absolute Gasteiger partial charge is 0.309 e. The van der Waals surface area contributed by atoms with E-state index < -0.39 is 0 Å². The van der Waals surface area contributed by atoms with Crippen molar-refractivity contribution in [3.8, 4) is 0 Å². The number of hydrogen-bond donors (Lipinski definition) is 1. The molecule has 2 rings (SSSR count). The fraction of sp³-hybridized carbons (Fsp3) is 0.579. The molecule has 5 heteroatoms. The summed E-state index contributed by atoms with van der Waals surface area (Å²) in [4.78, 5) is 18.5. The number of rotatable bonds is 5. The summed E-state index contributed by atoms with van der Waals surface area (Å²) in [6.07, 6.45) is 1.65. The minimum atomic E-state index is -0.0576. The van der Waals surface area contributed by atoms with Gasteiger partial charge in [0.2, 0.25) is 0 Å². The predicted octanol–water partition coefficient (Wildman–Crippen LogP) is 2.64. The molecule has 0 spiro atoms. The summed E-state index contributed by atoms with van der Waals surface area (Å²) in [5.74, 6) is 1.31. The summed E-state index contributed by atoms with van der Waals surface area (Å²) < 4.78 is 5.13. The fourth-order valence-corrected chi connectivity index (χ4v) is 3.06. The number of hydrogen-bond acceptors (Lipinski definition) is 3. The van der Waals surface area contributed by atoms with Gasteiger partial charge in [0.25, 0.3) is 0 Å². The SMILES string of the molecule is CCOC(=O)C1CCN(C(=NC)NCC(C)c2ccccc2)CC1. The molecule has 0 radical (unpaired) electrons. The van der Waals surface area contributed by atoms with Crippen molar-refractivity contribution >= 4 is 11.9 Å². The number of carbonyl (C=O) groups is 1. The quantitative estimate of drug-likeness (QED) is 0.512. The van der Waals surface area contributed by atoms with Crippen LogP contribution in [-0.2, 0) is 9.53 Å². The zero-order valence-corrected chi connectivity index (χ0v) is 15.0. The van der Waals surface area contributed by atoms with Crippen LogP contribution in [0.4, 0.5) is 0 Å². The van der Waals surface area contributed by atoms with Gasteiger partial charge in [-0.15, -0.1) is 0 Å². The lowest BCUT2D eigenvalue weighted by Crippen LogP contribution is -2.47. The molecule has 132 valence electrons. The summed E-state index contributed by atoms with van der Waals surface area (Å²) in [6, 6.07) is 10.5. The van der Waals surface area contributed by atoms with E-state index in [9.17, 15) is 4.79 Å². The van der Waals surface area contributed by atoms with Crippen molar-refractivity contribution < 1.29 is 9.53 Å². The summed E-state index contributed by atoms with van der Waals surface area (Å²) in [5, 5.41) is 3.47. The number of likely N-dealkylation sites (tertiary alicyclic amines) is 1. The lowest BCUT2D eigenvalue weighted by atomic mass is 9.97. The normalized spacial score (nSPS) is 17.5. The molecule has 0 amide bonds. The third-order valence-corrected chi connectivity index (χ3v) is 4.56. The largest absolute Gasteiger partial charge is 0.466 e. The molecule has 1 aliphatic heterocycles. The summed E-state index contributed by atoms with van der Waals surface area (Å²) >= 11 is 0. The molecule has 0 aliphatic carbocycles. The summed E-state index contributed by atoms with van der Waals surface area (Å²) in [5.41, 5.74) is 1.32. The van der Waals surface area contributed by atoms with Crippen LogP contribution in [0.2, 0.25) is 0 Å². The molecule has 1 unspecified atom stereocenters. The molecular formula is C19H29N3O2. The number of nitrogens with one attached hydrogen (secondary N) is 1. The van der Waals surface area contributed by atoms with Gasteiger partial charge in [0.1, 0.15) is 0 Å². The van der Waals surface area contributed by atoms with E-state index in [1.807, 2.05) is 20.0 Å². The van der Waals surface area contributed by atoms with Gasteiger partial charge in [-0.05, 0) is 31.2 Å². The first-order valence-electron chi connectivity index (χ1n) is 8.82. The number of piperidine rings is 1. The minimum absolute atomic E-state index is 0.0301. The Balaban J connectivity index is 1.82. The van der Waals surface area contributed by atoms with Gasteiger partial charge >= 0.3 is 5.97 Å². The Bertz CT molecular complexity index is 537. The molecule has 1 aliphatic rings. The Kier molecular flexibility index (Phi) is 7.09. The first-order chi connectivity index (χ1) is 11.7. The average molecular weight is 331 g/mol. The van der Waals surface area contributed by atoms with E-state index >= 15 is 0 Å². The van der Waals surface area contributed by atoms with E-state index in [0.717, 1.165) is 38.4 Å². The number of carbonyl (C=O) groups excluding carboxylic acids is 1. The van der Waals surface area contributed by atoms with Crippen LogP contribution < -0.4 is 5.32 Å². The van der Waals surface area contributed by atoms with E-state index in [1.54, 1.807) is 0 Å². The summed E-state index contributed by atoms with van der Waals surface area (Å²) in [7, 11) is 1.81. The van der Waals surface area contributed by atoms with Crippen LogP contribution in [0, 0.1) is 5.92 Å². The molecule has 1 N–H and O–H groups in total. The molecule has 1 aromatic rings. The Morgan fingerprint density at radius 2 is 2.00 bits per heavy atom. The number of aliphatic imine (C=N–C) groups is 1. The highest BCUT2D eigenvalue weighted by Crippen LogP contribution is 2.19. The lowest BCUT2D eigenvalue weighted by Gasteiger charge is -2.33. The van der Waals surface area contributed by atoms with Gasteiger partial charge in [0.05, 0.1) is 12.5 Å². The van der Waals surface area contributed by atoms with Gasteiger partial charge in [0, 0.05) is 26.7 Å². The zero-order chi connectivity index (χ0) is 17.4. The van der Waals surface area contributed by atoms with Gasteiger partial charge < -0.3 is 15.0 Å². The van der Waals surface area contributed by atoms with Crippen LogP contribution in [0.3, 0.4) is 0 Å². The number of benzene rings is 1. The third kappa shape index (κ3) is 4.98. The molecule has 0 bridgehead atoms. The predicted molar refractivity (Wildman–Crippen MR) is 97.1 cm³/mol. The minimum Gasteiger partial charge on any atom is -0.466 e. The number of guanidine groups is 1. The molecule has 1 saturated heterocycles. The van der Waals surface area contributed by atoms with Gasteiger partial charge in [-0.25, -0.2) is 0 Å². The third-order valence-electron chi connectivity index (χ3n) is 4.56. The second kappa shape index (κ2) is 9.30. The Morgan fingerprint density at radius 1 is 1.33 bits per heavy atom. The Morgan fingerprint density at radius 3 is 2.58 bits per heavy atom. The lowest BCUT2D eigenvalue weighted by molar-refractivity contribution is -0.149. The maximum atomic E-state index is 11.8. The number of esters is 1. The van der Waals surface area contributed by atoms with E-state index in [1.165, 1.54) is 5.56 Å². The highest BCUT2D eigenvalue weighted by atomic mass is 16.5. The first-order valence-corrected chi connectivity index (χ1v) is 8.82. The maximum Gasteiger partial charge on any atom is 0.309 e. The standard InChI is InChI=1S/C19H29N3O2/c1-4-24-18(23)17-10-12-22(13-11-17)19(20-3)21-14-15(2)16-8-6-5-7-9-16/h5-9,15,17H,4,10-14H2,1-3H3,(H,20,21). The second-order valence-corrected chi connectivity index (χ2v) is 6.25. The monoisotopic (exact) mass is 331 g/mol. The molecule has 1 heterocycles. The van der Waals surface area contributed by atoms with Crippen molar-refractivity contribution in [2.24, 2.45) is 10.9 Å². The van der Waals surface area contributed by atoms with Crippen molar-refractivity contribution in [3.63, 3.8) is 0 Å². The first kappa shape index (κ1) is 18.3.